The molecule has 0 spiro atoms. The lowest BCUT2D eigenvalue weighted by Gasteiger charge is -2.24. The maximum absolute atomic E-state index is 13.2. The van der Waals surface area contributed by atoms with Crippen molar-refractivity contribution < 1.29 is 18.3 Å². The van der Waals surface area contributed by atoms with Crippen molar-refractivity contribution in [2.75, 3.05) is 20.2 Å². The molecule has 1 atom stereocenters. The van der Waals surface area contributed by atoms with Crippen LogP contribution in [-0.2, 0) is 11.3 Å². The normalized spacial score (nSPS) is 20.3. The Balaban J connectivity index is 2.00. The molecule has 1 saturated heterocycles. The summed E-state index contributed by atoms with van der Waals surface area (Å²) < 4.78 is 31.4. The highest BCUT2D eigenvalue weighted by Crippen LogP contribution is 2.26. The van der Waals surface area contributed by atoms with Crippen molar-refractivity contribution in [3.8, 4) is 5.75 Å². The van der Waals surface area contributed by atoms with E-state index in [4.69, 9.17) is 4.74 Å². The second-order valence-corrected chi connectivity index (χ2v) is 5.19. The Morgan fingerprint density at radius 2 is 2.10 bits per heavy atom. The molecule has 1 unspecified atom stereocenters. The maximum Gasteiger partial charge on any atom is 0.262 e. The van der Waals surface area contributed by atoms with Crippen LogP contribution in [-0.4, -0.2) is 43.0 Å². The molecule has 1 fully saturated rings. The molecule has 1 aromatic rings. The summed E-state index contributed by atoms with van der Waals surface area (Å²) in [5, 5.41) is 2.60. The summed E-state index contributed by atoms with van der Waals surface area (Å²) in [6, 6.07) is 6.57. The summed E-state index contributed by atoms with van der Waals surface area (Å²) in [4.78, 5) is 13.9. The number of amides is 1. The van der Waals surface area contributed by atoms with Crippen LogP contribution in [0, 0.1) is 0 Å². The van der Waals surface area contributed by atoms with Crippen LogP contribution >= 0.6 is 0 Å². The minimum atomic E-state index is -2.79. The Morgan fingerprint density at radius 3 is 2.57 bits per heavy atom. The number of ether oxygens (including phenoxy) is 1. The fraction of sp³-hybridized carbons (Fsp3) is 0.533. The maximum atomic E-state index is 13.2. The van der Waals surface area contributed by atoms with Crippen molar-refractivity contribution in [1.29, 1.82) is 0 Å². The number of carbonyl (C=O) groups excluding carboxylic acids is 1. The van der Waals surface area contributed by atoms with E-state index in [9.17, 15) is 13.6 Å². The molecule has 0 aromatic heterocycles. The molecular formula is C15H20F2N2O2. The van der Waals surface area contributed by atoms with E-state index in [1.807, 2.05) is 31.2 Å². The number of halogens is 2. The van der Waals surface area contributed by atoms with Crippen molar-refractivity contribution in [1.82, 2.24) is 10.2 Å². The summed E-state index contributed by atoms with van der Waals surface area (Å²) in [7, 11) is 1.59. The van der Waals surface area contributed by atoms with Gasteiger partial charge in [-0.25, -0.2) is 8.78 Å². The molecule has 0 saturated carbocycles. The molecule has 0 radical (unpaired) electrons. The van der Waals surface area contributed by atoms with Crippen LogP contribution in [0.15, 0.2) is 24.3 Å². The Labute approximate surface area is 123 Å². The van der Waals surface area contributed by atoms with E-state index in [-0.39, 0.29) is 5.91 Å². The van der Waals surface area contributed by atoms with Gasteiger partial charge in [0.05, 0.1) is 19.7 Å². The lowest BCUT2D eigenvalue weighted by atomic mass is 10.1. The Hall–Kier alpha value is -1.69. The predicted octanol–water partition coefficient (Wildman–Crippen LogP) is 2.04. The lowest BCUT2D eigenvalue weighted by Crippen LogP contribution is -2.43. The Morgan fingerprint density at radius 1 is 1.43 bits per heavy atom. The smallest absolute Gasteiger partial charge is 0.262 e. The van der Waals surface area contributed by atoms with Crippen LogP contribution in [0.1, 0.15) is 18.9 Å². The molecular weight excluding hydrogens is 278 g/mol. The molecule has 21 heavy (non-hydrogen) atoms. The second-order valence-electron chi connectivity index (χ2n) is 5.19. The van der Waals surface area contributed by atoms with Crippen molar-refractivity contribution >= 4 is 5.91 Å². The Bertz CT molecular complexity index is 491. The number of methoxy groups -OCH3 is 1. The molecule has 1 aliphatic heterocycles. The van der Waals surface area contributed by atoms with E-state index in [0.29, 0.717) is 13.1 Å². The topological polar surface area (TPSA) is 41.6 Å². The fourth-order valence-electron chi connectivity index (χ4n) is 2.41. The molecule has 1 amide bonds. The largest absolute Gasteiger partial charge is 0.497 e. The average molecular weight is 298 g/mol. The quantitative estimate of drug-likeness (QED) is 0.904. The molecule has 2 rings (SSSR count). The van der Waals surface area contributed by atoms with Crippen LogP contribution < -0.4 is 10.1 Å². The number of nitrogens with zero attached hydrogens (tertiary/aromatic N) is 1. The third-order valence-electron chi connectivity index (χ3n) is 3.63. The molecule has 1 aliphatic rings. The highest BCUT2D eigenvalue weighted by Gasteiger charge is 2.43. The monoisotopic (exact) mass is 298 g/mol. The van der Waals surface area contributed by atoms with E-state index in [0.717, 1.165) is 11.3 Å². The standard InChI is InChI=1S/C15H20F2N2O2/c1-3-19(9-11-4-6-12(21-2)7-5-11)14(20)13-8-15(16,17)10-18-13/h4-7,13,18H,3,8-10H2,1-2H3. The predicted molar refractivity (Wildman–Crippen MR) is 75.4 cm³/mol. The van der Waals surface area contributed by atoms with Gasteiger partial charge in [-0.2, -0.15) is 0 Å². The average Bonchev–Trinajstić information content (AvgIpc) is 2.85. The van der Waals surface area contributed by atoms with Gasteiger partial charge in [-0.1, -0.05) is 12.1 Å². The van der Waals surface area contributed by atoms with E-state index in [1.54, 1.807) is 12.0 Å². The van der Waals surface area contributed by atoms with Gasteiger partial charge >= 0.3 is 0 Å². The molecule has 1 N–H and O–H groups in total. The molecule has 0 bridgehead atoms. The summed E-state index contributed by atoms with van der Waals surface area (Å²) in [5.41, 5.74) is 0.941. The number of carbonyl (C=O) groups is 1. The van der Waals surface area contributed by atoms with Crippen LogP contribution in [0.3, 0.4) is 0 Å². The van der Waals surface area contributed by atoms with E-state index in [2.05, 4.69) is 5.32 Å². The number of hydrogen-bond acceptors (Lipinski definition) is 3. The molecule has 116 valence electrons. The summed E-state index contributed by atoms with van der Waals surface area (Å²) in [5.74, 6) is -2.32. The fourth-order valence-corrected chi connectivity index (χ4v) is 2.41. The van der Waals surface area contributed by atoms with Crippen molar-refractivity contribution in [3.63, 3.8) is 0 Å². The van der Waals surface area contributed by atoms with Gasteiger partial charge in [0.2, 0.25) is 5.91 Å². The number of hydrogen-bond donors (Lipinski definition) is 1. The molecule has 0 aliphatic carbocycles. The van der Waals surface area contributed by atoms with E-state index in [1.165, 1.54) is 0 Å². The van der Waals surface area contributed by atoms with Gasteiger partial charge in [0.1, 0.15) is 5.75 Å². The first kappa shape index (κ1) is 15.7. The first-order valence-electron chi connectivity index (χ1n) is 6.98. The minimum Gasteiger partial charge on any atom is -0.497 e. The van der Waals surface area contributed by atoms with Gasteiger partial charge in [-0.05, 0) is 24.6 Å². The first-order valence-corrected chi connectivity index (χ1v) is 6.98. The zero-order chi connectivity index (χ0) is 15.5. The van der Waals surface area contributed by atoms with Gasteiger partial charge < -0.3 is 9.64 Å². The summed E-state index contributed by atoms with van der Waals surface area (Å²) in [6.45, 7) is 2.30. The number of rotatable bonds is 5. The van der Waals surface area contributed by atoms with Crippen LogP contribution in [0.2, 0.25) is 0 Å². The zero-order valence-electron chi connectivity index (χ0n) is 12.2. The van der Waals surface area contributed by atoms with Crippen molar-refractivity contribution in [2.45, 2.75) is 31.9 Å². The van der Waals surface area contributed by atoms with Crippen LogP contribution in [0.25, 0.3) is 0 Å². The van der Waals surface area contributed by atoms with Gasteiger partial charge in [0, 0.05) is 19.5 Å². The lowest BCUT2D eigenvalue weighted by molar-refractivity contribution is -0.134. The first-order chi connectivity index (χ1) is 9.95. The van der Waals surface area contributed by atoms with E-state index >= 15 is 0 Å². The van der Waals surface area contributed by atoms with Gasteiger partial charge in [-0.15, -0.1) is 0 Å². The minimum absolute atomic E-state index is 0.273. The number of nitrogens with one attached hydrogen (secondary N) is 1. The molecule has 1 heterocycles. The van der Waals surface area contributed by atoms with E-state index < -0.39 is 24.9 Å². The SMILES string of the molecule is CCN(Cc1ccc(OC)cc1)C(=O)C1CC(F)(F)CN1. The molecule has 1 aromatic carbocycles. The second kappa shape index (κ2) is 6.39. The third kappa shape index (κ3) is 3.91. The molecule has 4 nitrogen and oxygen atoms in total. The van der Waals surface area contributed by atoms with Gasteiger partial charge in [0.25, 0.3) is 5.92 Å². The van der Waals surface area contributed by atoms with Crippen molar-refractivity contribution in [2.24, 2.45) is 0 Å². The van der Waals surface area contributed by atoms with Gasteiger partial charge in [0.15, 0.2) is 0 Å². The highest BCUT2D eigenvalue weighted by molar-refractivity contribution is 5.82. The van der Waals surface area contributed by atoms with Crippen LogP contribution in [0.4, 0.5) is 8.78 Å². The highest BCUT2D eigenvalue weighted by atomic mass is 19.3. The number of benzene rings is 1. The van der Waals surface area contributed by atoms with Gasteiger partial charge in [-0.3, -0.25) is 10.1 Å². The number of alkyl halides is 2. The van der Waals surface area contributed by atoms with Crippen molar-refractivity contribution in [3.05, 3.63) is 29.8 Å². The van der Waals surface area contributed by atoms with Crippen LogP contribution in [0.5, 0.6) is 5.75 Å². The summed E-state index contributed by atoms with van der Waals surface area (Å²) in [6.07, 6.45) is -0.426. The number of likely N-dealkylation sites (N-methyl/N-ethyl adjacent to an activating group) is 1. The summed E-state index contributed by atoms with van der Waals surface area (Å²) >= 11 is 0. The third-order valence-corrected chi connectivity index (χ3v) is 3.63. The Kier molecular flexibility index (Phi) is 4.77. The zero-order valence-corrected chi connectivity index (χ0v) is 12.2. The molecule has 6 heteroatoms.